The van der Waals surface area contributed by atoms with Crippen molar-refractivity contribution in [1.82, 2.24) is 0 Å². The SMILES string of the molecule is CC1=C2[C@@H](CC/C(=C/c3cc(C)c(O)c(C)c3)c3ccccc3)OC[C@@H]2S(=O)(=O)C1. The molecule has 0 bridgehead atoms. The maximum absolute atomic E-state index is 12.3. The summed E-state index contributed by atoms with van der Waals surface area (Å²) in [5, 5.41) is 9.64. The zero-order valence-corrected chi connectivity index (χ0v) is 18.5. The van der Waals surface area contributed by atoms with Gasteiger partial charge in [0, 0.05) is 0 Å². The van der Waals surface area contributed by atoms with Crippen LogP contribution in [-0.2, 0) is 14.6 Å². The van der Waals surface area contributed by atoms with Crippen LogP contribution in [-0.4, -0.2) is 37.2 Å². The molecule has 4 rings (SSSR count). The molecule has 0 aliphatic carbocycles. The van der Waals surface area contributed by atoms with E-state index in [0.29, 0.717) is 5.75 Å². The third-order valence-corrected chi connectivity index (χ3v) is 8.25. The van der Waals surface area contributed by atoms with Crippen LogP contribution in [0.3, 0.4) is 0 Å². The number of fused-ring (bicyclic) bond motifs is 1. The molecule has 2 heterocycles. The summed E-state index contributed by atoms with van der Waals surface area (Å²) >= 11 is 0. The van der Waals surface area contributed by atoms with Gasteiger partial charge in [-0.3, -0.25) is 0 Å². The van der Waals surface area contributed by atoms with Gasteiger partial charge < -0.3 is 9.84 Å². The minimum Gasteiger partial charge on any atom is -0.507 e. The third-order valence-electron chi connectivity index (χ3n) is 6.16. The van der Waals surface area contributed by atoms with E-state index < -0.39 is 15.1 Å². The van der Waals surface area contributed by atoms with Gasteiger partial charge in [0.2, 0.25) is 0 Å². The molecule has 2 aliphatic heterocycles. The molecule has 1 N–H and O–H groups in total. The average Bonchev–Trinajstić information content (AvgIpc) is 3.23. The molecule has 158 valence electrons. The average molecular weight is 425 g/mol. The highest BCUT2D eigenvalue weighted by atomic mass is 32.2. The molecule has 2 aromatic carbocycles. The molecule has 0 spiro atoms. The summed E-state index contributed by atoms with van der Waals surface area (Å²) in [5.41, 5.74) is 7.01. The Labute approximate surface area is 178 Å². The second kappa shape index (κ2) is 8.05. The van der Waals surface area contributed by atoms with E-state index in [2.05, 4.69) is 18.2 Å². The van der Waals surface area contributed by atoms with Crippen molar-refractivity contribution >= 4 is 21.5 Å². The summed E-state index contributed by atoms with van der Waals surface area (Å²) in [7, 11) is -3.10. The Balaban J connectivity index is 1.62. The van der Waals surface area contributed by atoms with E-state index in [1.165, 1.54) is 5.57 Å². The first-order valence-corrected chi connectivity index (χ1v) is 12.1. The lowest BCUT2D eigenvalue weighted by Gasteiger charge is -2.15. The Morgan fingerprint density at radius 3 is 2.47 bits per heavy atom. The number of phenolic OH excluding ortho intramolecular Hbond substituents is 1. The smallest absolute Gasteiger partial charge is 0.163 e. The highest BCUT2D eigenvalue weighted by molar-refractivity contribution is 7.92. The van der Waals surface area contributed by atoms with E-state index in [0.717, 1.165) is 46.2 Å². The van der Waals surface area contributed by atoms with Gasteiger partial charge in [-0.2, -0.15) is 0 Å². The first-order chi connectivity index (χ1) is 14.3. The van der Waals surface area contributed by atoms with Crippen LogP contribution < -0.4 is 0 Å². The second-order valence-electron chi connectivity index (χ2n) is 8.43. The third kappa shape index (κ3) is 3.96. The lowest BCUT2D eigenvalue weighted by molar-refractivity contribution is 0.118. The van der Waals surface area contributed by atoms with E-state index in [9.17, 15) is 13.5 Å². The maximum Gasteiger partial charge on any atom is 0.163 e. The number of aromatic hydroxyl groups is 1. The molecule has 1 fully saturated rings. The van der Waals surface area contributed by atoms with Crippen LogP contribution in [0.5, 0.6) is 5.75 Å². The summed E-state index contributed by atoms with van der Waals surface area (Å²) in [4.78, 5) is 0. The standard InChI is InChI=1S/C25H28O4S/c1-16-11-19(12-17(2)25(16)26)13-21(20-7-5-4-6-8-20)9-10-22-24-18(3)15-30(27,28)23(24)14-29-22/h4-8,11-13,22-23,26H,9-10,14-15H2,1-3H3/b21-13-/t22-,23+/m1/s1. The van der Waals surface area contributed by atoms with Crippen molar-refractivity contribution in [2.45, 2.75) is 45.0 Å². The molecule has 2 aromatic rings. The number of hydrogen-bond donors (Lipinski definition) is 1. The maximum atomic E-state index is 12.3. The van der Waals surface area contributed by atoms with E-state index in [1.807, 2.05) is 51.1 Å². The molecule has 4 nitrogen and oxygen atoms in total. The molecular weight excluding hydrogens is 396 g/mol. The fraction of sp³-hybridized carbons (Fsp3) is 0.360. The lowest BCUT2D eigenvalue weighted by atomic mass is 9.93. The van der Waals surface area contributed by atoms with Crippen LogP contribution >= 0.6 is 0 Å². The van der Waals surface area contributed by atoms with Gasteiger partial charge in [-0.1, -0.05) is 42.0 Å². The summed E-state index contributed by atoms with van der Waals surface area (Å²) in [6, 6.07) is 14.2. The van der Waals surface area contributed by atoms with Gasteiger partial charge in [-0.05, 0) is 79.1 Å². The number of benzene rings is 2. The summed E-state index contributed by atoms with van der Waals surface area (Å²) in [5.74, 6) is 0.504. The Kier molecular flexibility index (Phi) is 5.60. The largest absolute Gasteiger partial charge is 0.507 e. The molecular formula is C25H28O4S. The predicted molar refractivity (Wildman–Crippen MR) is 121 cm³/mol. The Morgan fingerprint density at radius 1 is 1.13 bits per heavy atom. The molecule has 0 unspecified atom stereocenters. The number of hydrogen-bond acceptors (Lipinski definition) is 4. The minimum absolute atomic E-state index is 0.136. The van der Waals surface area contributed by atoms with Gasteiger partial charge in [-0.25, -0.2) is 8.42 Å². The van der Waals surface area contributed by atoms with E-state index >= 15 is 0 Å². The van der Waals surface area contributed by atoms with Gasteiger partial charge in [0.1, 0.15) is 11.0 Å². The van der Waals surface area contributed by atoms with Gasteiger partial charge in [0.05, 0.1) is 18.5 Å². The monoisotopic (exact) mass is 424 g/mol. The quantitative estimate of drug-likeness (QED) is 0.551. The van der Waals surface area contributed by atoms with Crippen LogP contribution in [0, 0.1) is 13.8 Å². The molecule has 2 atom stereocenters. The van der Waals surface area contributed by atoms with Crippen LogP contribution in [0.2, 0.25) is 0 Å². The number of ether oxygens (including phenoxy) is 1. The van der Waals surface area contributed by atoms with Crippen molar-refractivity contribution in [2.75, 3.05) is 12.4 Å². The van der Waals surface area contributed by atoms with Gasteiger partial charge in [0.15, 0.2) is 9.84 Å². The van der Waals surface area contributed by atoms with Crippen molar-refractivity contribution in [3.8, 4) is 5.75 Å². The zero-order chi connectivity index (χ0) is 21.5. The fourth-order valence-electron chi connectivity index (χ4n) is 4.67. The molecule has 0 aromatic heterocycles. The summed E-state index contributed by atoms with van der Waals surface area (Å²) < 4.78 is 30.6. The van der Waals surface area contributed by atoms with E-state index in [-0.39, 0.29) is 18.5 Å². The molecule has 1 saturated heterocycles. The fourth-order valence-corrected chi connectivity index (χ4v) is 6.67. The summed E-state index contributed by atoms with van der Waals surface area (Å²) in [6.07, 6.45) is 3.54. The Hall–Kier alpha value is -2.37. The highest BCUT2D eigenvalue weighted by Gasteiger charge is 2.45. The van der Waals surface area contributed by atoms with Gasteiger partial charge >= 0.3 is 0 Å². The number of allylic oxidation sites excluding steroid dienone is 1. The van der Waals surface area contributed by atoms with Crippen molar-refractivity contribution in [1.29, 1.82) is 0 Å². The van der Waals surface area contributed by atoms with Crippen molar-refractivity contribution in [2.24, 2.45) is 0 Å². The van der Waals surface area contributed by atoms with Crippen LogP contribution in [0.1, 0.15) is 42.0 Å². The van der Waals surface area contributed by atoms with Gasteiger partial charge in [-0.15, -0.1) is 0 Å². The normalized spacial score (nSPS) is 23.1. The first-order valence-electron chi connectivity index (χ1n) is 10.3. The molecule has 5 heteroatoms. The minimum atomic E-state index is -3.10. The molecule has 0 radical (unpaired) electrons. The Morgan fingerprint density at radius 2 is 1.80 bits per heavy atom. The summed E-state index contributed by atoms with van der Waals surface area (Å²) in [6.45, 7) is 6.01. The molecule has 0 saturated carbocycles. The van der Waals surface area contributed by atoms with Crippen molar-refractivity contribution in [3.63, 3.8) is 0 Å². The zero-order valence-electron chi connectivity index (χ0n) is 17.7. The van der Waals surface area contributed by atoms with Crippen LogP contribution in [0.4, 0.5) is 0 Å². The predicted octanol–water partition coefficient (Wildman–Crippen LogP) is 4.84. The number of aryl methyl sites for hydroxylation is 2. The molecule has 30 heavy (non-hydrogen) atoms. The van der Waals surface area contributed by atoms with Crippen molar-refractivity contribution in [3.05, 3.63) is 75.9 Å². The lowest BCUT2D eigenvalue weighted by Crippen LogP contribution is -2.19. The van der Waals surface area contributed by atoms with E-state index in [4.69, 9.17) is 4.74 Å². The number of phenols is 1. The number of sulfone groups is 1. The number of rotatable bonds is 5. The van der Waals surface area contributed by atoms with Crippen molar-refractivity contribution < 1.29 is 18.3 Å². The molecule has 0 amide bonds. The van der Waals surface area contributed by atoms with Crippen LogP contribution in [0.25, 0.3) is 11.6 Å². The first kappa shape index (κ1) is 20.9. The molecule has 2 aliphatic rings. The van der Waals surface area contributed by atoms with E-state index in [1.54, 1.807) is 0 Å². The van der Waals surface area contributed by atoms with Gasteiger partial charge in [0.25, 0.3) is 0 Å². The topological polar surface area (TPSA) is 63.6 Å². The Bertz CT molecular complexity index is 1100. The van der Waals surface area contributed by atoms with Crippen LogP contribution in [0.15, 0.2) is 53.6 Å². The second-order valence-corrected chi connectivity index (χ2v) is 10.6. The highest BCUT2D eigenvalue weighted by Crippen LogP contribution is 2.39.